The molecular formula is C18H28N2O6. The fraction of sp³-hybridized carbons (Fsp3) is 0.611. The van der Waals surface area contributed by atoms with Crippen LogP contribution in [0.4, 0.5) is 0 Å². The second-order valence-corrected chi connectivity index (χ2v) is 5.81. The number of amides is 1. The van der Waals surface area contributed by atoms with Crippen LogP contribution in [0.5, 0.6) is 23.0 Å². The van der Waals surface area contributed by atoms with E-state index in [0.29, 0.717) is 29.5 Å². The Morgan fingerprint density at radius 2 is 1.77 bits per heavy atom. The molecule has 0 aromatic heterocycles. The van der Waals surface area contributed by atoms with Crippen molar-refractivity contribution in [3.63, 3.8) is 0 Å². The van der Waals surface area contributed by atoms with Crippen LogP contribution in [0.25, 0.3) is 0 Å². The van der Waals surface area contributed by atoms with Gasteiger partial charge in [-0.3, -0.25) is 9.69 Å². The molecule has 0 bridgehead atoms. The van der Waals surface area contributed by atoms with Gasteiger partial charge in [-0.1, -0.05) is 0 Å². The van der Waals surface area contributed by atoms with Crippen molar-refractivity contribution in [2.45, 2.75) is 6.42 Å². The third-order valence-electron chi connectivity index (χ3n) is 4.09. The Hall–Kier alpha value is -2.19. The largest absolute Gasteiger partial charge is 0.493 e. The van der Waals surface area contributed by atoms with E-state index in [0.717, 1.165) is 39.3 Å². The van der Waals surface area contributed by atoms with Crippen molar-refractivity contribution < 1.29 is 28.5 Å². The zero-order valence-electron chi connectivity index (χ0n) is 15.7. The molecule has 8 heteroatoms. The number of carbonyl (C=O) groups is 1. The third-order valence-corrected chi connectivity index (χ3v) is 4.09. The number of morpholine rings is 1. The summed E-state index contributed by atoms with van der Waals surface area (Å²) in [5, 5.41) is 2.86. The molecule has 0 saturated carbocycles. The number of methoxy groups -OCH3 is 3. The van der Waals surface area contributed by atoms with E-state index in [9.17, 15) is 4.79 Å². The van der Waals surface area contributed by atoms with Crippen molar-refractivity contribution >= 4 is 5.91 Å². The number of nitrogens with one attached hydrogen (secondary N) is 1. The minimum Gasteiger partial charge on any atom is -0.493 e. The maximum atomic E-state index is 11.9. The Morgan fingerprint density at radius 3 is 2.35 bits per heavy atom. The molecule has 0 aliphatic carbocycles. The Kier molecular flexibility index (Phi) is 8.30. The van der Waals surface area contributed by atoms with Gasteiger partial charge >= 0.3 is 0 Å². The average molecular weight is 368 g/mol. The summed E-state index contributed by atoms with van der Waals surface area (Å²) in [5.41, 5.74) is 0. The molecule has 1 heterocycles. The summed E-state index contributed by atoms with van der Waals surface area (Å²) in [6.07, 6.45) is 0.899. The van der Waals surface area contributed by atoms with Gasteiger partial charge in [-0.25, -0.2) is 0 Å². The first-order chi connectivity index (χ1) is 12.7. The van der Waals surface area contributed by atoms with E-state index >= 15 is 0 Å². The van der Waals surface area contributed by atoms with E-state index in [1.807, 2.05) is 0 Å². The van der Waals surface area contributed by atoms with E-state index in [4.69, 9.17) is 23.7 Å². The Bertz CT molecular complexity index is 550. The van der Waals surface area contributed by atoms with Crippen LogP contribution in [0.15, 0.2) is 12.1 Å². The molecule has 0 radical (unpaired) electrons. The van der Waals surface area contributed by atoms with Gasteiger partial charge in [0.05, 0.1) is 34.5 Å². The van der Waals surface area contributed by atoms with E-state index in [1.54, 1.807) is 12.1 Å². The molecule has 2 rings (SSSR count). The molecule has 1 saturated heterocycles. The Labute approximate surface area is 154 Å². The van der Waals surface area contributed by atoms with E-state index < -0.39 is 0 Å². The van der Waals surface area contributed by atoms with Crippen molar-refractivity contribution in [2.24, 2.45) is 0 Å². The number of hydrogen-bond acceptors (Lipinski definition) is 7. The number of hydrogen-bond donors (Lipinski definition) is 1. The van der Waals surface area contributed by atoms with Crippen molar-refractivity contribution in [3.05, 3.63) is 12.1 Å². The monoisotopic (exact) mass is 368 g/mol. The van der Waals surface area contributed by atoms with Crippen LogP contribution in [0, 0.1) is 0 Å². The Morgan fingerprint density at radius 1 is 1.12 bits per heavy atom. The van der Waals surface area contributed by atoms with Gasteiger partial charge in [0, 0.05) is 31.8 Å². The van der Waals surface area contributed by atoms with Crippen LogP contribution in [0.1, 0.15) is 6.42 Å². The normalized spacial score (nSPS) is 14.6. The van der Waals surface area contributed by atoms with Gasteiger partial charge in [0.2, 0.25) is 5.75 Å². The van der Waals surface area contributed by atoms with Crippen molar-refractivity contribution in [2.75, 3.05) is 67.3 Å². The predicted octanol–water partition coefficient (Wildman–Crippen LogP) is 0.930. The second-order valence-electron chi connectivity index (χ2n) is 5.81. The third kappa shape index (κ3) is 5.96. The average Bonchev–Trinajstić information content (AvgIpc) is 2.69. The van der Waals surface area contributed by atoms with Crippen molar-refractivity contribution in [1.82, 2.24) is 10.2 Å². The first-order valence-corrected chi connectivity index (χ1v) is 8.67. The Balaban J connectivity index is 1.74. The number of ether oxygens (including phenoxy) is 5. The summed E-state index contributed by atoms with van der Waals surface area (Å²) in [5.74, 6) is 1.75. The van der Waals surface area contributed by atoms with Gasteiger partial charge in [-0.2, -0.15) is 0 Å². The van der Waals surface area contributed by atoms with E-state index in [-0.39, 0.29) is 12.5 Å². The van der Waals surface area contributed by atoms with Gasteiger partial charge in [-0.15, -0.1) is 0 Å². The molecule has 1 aliphatic rings. The topological polar surface area (TPSA) is 78.5 Å². The van der Waals surface area contributed by atoms with Crippen LogP contribution in [0.2, 0.25) is 0 Å². The van der Waals surface area contributed by atoms with Gasteiger partial charge in [0.1, 0.15) is 5.75 Å². The van der Waals surface area contributed by atoms with Crippen LogP contribution >= 0.6 is 0 Å². The number of carbonyl (C=O) groups excluding carboxylic acids is 1. The molecule has 1 N–H and O–H groups in total. The molecule has 26 heavy (non-hydrogen) atoms. The van der Waals surface area contributed by atoms with E-state index in [1.165, 1.54) is 21.3 Å². The van der Waals surface area contributed by atoms with Crippen LogP contribution in [0.3, 0.4) is 0 Å². The lowest BCUT2D eigenvalue weighted by Crippen LogP contribution is -2.38. The zero-order chi connectivity index (χ0) is 18.8. The fourth-order valence-corrected chi connectivity index (χ4v) is 2.70. The standard InChI is InChI=1S/C18H28N2O6/c1-22-15-11-14(12-16(23-2)18(15)24-3)26-13-17(21)19-5-4-6-20-7-9-25-10-8-20/h11-12H,4-10,13H2,1-3H3,(H,19,21). The minimum absolute atomic E-state index is 0.0732. The molecular weight excluding hydrogens is 340 g/mol. The summed E-state index contributed by atoms with van der Waals surface area (Å²) < 4.78 is 26.6. The second kappa shape index (κ2) is 10.7. The number of rotatable bonds is 10. The highest BCUT2D eigenvalue weighted by atomic mass is 16.5. The molecule has 1 aromatic rings. The lowest BCUT2D eigenvalue weighted by atomic mass is 10.2. The summed E-state index contributed by atoms with van der Waals surface area (Å²) in [4.78, 5) is 14.3. The molecule has 0 spiro atoms. The maximum Gasteiger partial charge on any atom is 0.257 e. The summed E-state index contributed by atoms with van der Waals surface area (Å²) in [6, 6.07) is 3.32. The summed E-state index contributed by atoms with van der Waals surface area (Å²) in [7, 11) is 4.59. The molecule has 1 fully saturated rings. The molecule has 0 unspecified atom stereocenters. The fourth-order valence-electron chi connectivity index (χ4n) is 2.70. The van der Waals surface area contributed by atoms with Gasteiger partial charge in [0.15, 0.2) is 18.1 Å². The smallest absolute Gasteiger partial charge is 0.257 e. The first-order valence-electron chi connectivity index (χ1n) is 8.67. The van der Waals surface area contributed by atoms with Gasteiger partial charge in [-0.05, 0) is 13.0 Å². The number of nitrogens with zero attached hydrogens (tertiary/aromatic N) is 1. The molecule has 0 atom stereocenters. The molecule has 1 aromatic carbocycles. The number of benzene rings is 1. The van der Waals surface area contributed by atoms with Crippen LogP contribution < -0.4 is 24.3 Å². The lowest BCUT2D eigenvalue weighted by Gasteiger charge is -2.26. The molecule has 8 nitrogen and oxygen atoms in total. The first kappa shape index (κ1) is 20.1. The van der Waals surface area contributed by atoms with Crippen molar-refractivity contribution in [3.8, 4) is 23.0 Å². The highest BCUT2D eigenvalue weighted by Gasteiger charge is 2.15. The highest BCUT2D eigenvalue weighted by Crippen LogP contribution is 2.40. The van der Waals surface area contributed by atoms with Crippen LogP contribution in [-0.2, 0) is 9.53 Å². The minimum atomic E-state index is -0.166. The quantitative estimate of drug-likeness (QED) is 0.616. The van der Waals surface area contributed by atoms with Gasteiger partial charge < -0.3 is 29.0 Å². The summed E-state index contributed by atoms with van der Waals surface area (Å²) >= 11 is 0. The SMILES string of the molecule is COc1cc(OCC(=O)NCCCN2CCOCC2)cc(OC)c1OC. The maximum absolute atomic E-state index is 11.9. The highest BCUT2D eigenvalue weighted by molar-refractivity contribution is 5.77. The summed E-state index contributed by atoms with van der Waals surface area (Å²) in [6.45, 7) is 4.99. The van der Waals surface area contributed by atoms with E-state index in [2.05, 4.69) is 10.2 Å². The molecule has 1 amide bonds. The van der Waals surface area contributed by atoms with Crippen molar-refractivity contribution in [1.29, 1.82) is 0 Å². The lowest BCUT2D eigenvalue weighted by molar-refractivity contribution is -0.123. The van der Waals surface area contributed by atoms with Gasteiger partial charge in [0.25, 0.3) is 5.91 Å². The zero-order valence-corrected chi connectivity index (χ0v) is 15.7. The molecule has 146 valence electrons. The molecule has 1 aliphatic heterocycles. The van der Waals surface area contributed by atoms with Crippen LogP contribution in [-0.4, -0.2) is 78.1 Å². The predicted molar refractivity (Wildman–Crippen MR) is 96.5 cm³/mol.